The number of primary amides is 1. The molecule has 0 bridgehead atoms. The molecule has 4 aromatic rings. The Hall–Kier alpha value is -3.57. The highest BCUT2D eigenvalue weighted by atomic mass is 32.2. The second-order valence-corrected chi connectivity index (χ2v) is 10.4. The molecule has 2 heterocycles. The maximum Gasteiger partial charge on any atom is 0.313 e. The first-order valence-electron chi connectivity index (χ1n) is 11.4. The van der Waals surface area contributed by atoms with Gasteiger partial charge in [-0.25, -0.2) is 4.68 Å². The summed E-state index contributed by atoms with van der Waals surface area (Å²) in [6.45, 7) is 2.95. The van der Waals surface area contributed by atoms with Crippen LogP contribution in [0, 0.1) is 6.92 Å². The minimum Gasteiger partial charge on any atom is -0.412 e. The predicted octanol–water partition coefficient (Wildman–Crippen LogP) is 3.11. The summed E-state index contributed by atoms with van der Waals surface area (Å²) in [5, 5.41) is 6.93. The van der Waals surface area contributed by atoms with Crippen LogP contribution in [0.25, 0.3) is 16.6 Å². The maximum absolute atomic E-state index is 12.7. The van der Waals surface area contributed by atoms with Gasteiger partial charge in [0.1, 0.15) is 5.52 Å². The van der Waals surface area contributed by atoms with Crippen LogP contribution in [-0.4, -0.2) is 47.7 Å². The zero-order valence-electron chi connectivity index (χ0n) is 19.8. The lowest BCUT2D eigenvalue weighted by Crippen LogP contribution is -2.36. The normalized spacial score (nSPS) is 16.5. The van der Waals surface area contributed by atoms with Crippen LogP contribution in [0.3, 0.4) is 0 Å². The molecule has 0 aliphatic carbocycles. The van der Waals surface area contributed by atoms with Gasteiger partial charge in [0, 0.05) is 24.7 Å². The number of piperidine rings is 1. The van der Waals surface area contributed by atoms with Gasteiger partial charge in [-0.15, -0.1) is 0 Å². The van der Waals surface area contributed by atoms with Gasteiger partial charge in [-0.1, -0.05) is 42.0 Å². The quantitative estimate of drug-likeness (QED) is 0.425. The van der Waals surface area contributed by atoms with Crippen molar-refractivity contribution in [1.82, 2.24) is 14.8 Å². The molecule has 1 amide bonds. The van der Waals surface area contributed by atoms with Crippen molar-refractivity contribution in [2.45, 2.75) is 30.6 Å². The molecule has 10 heteroatoms. The minimum absolute atomic E-state index is 0. The standard InChI is InChI=1S/C26H26N4O4S.H2O/c1-18-7-13-23(14-8-18)35(32,33)34-29-15-3-5-20(16-29)19-9-11-22(12-10-19)30-17-21-4-2-6-24(26(27)31)25(21)28-30;/h2,4,6-14,17,20H,3,5,15-16H2,1H3,(H2,27,31);1H2. The lowest BCUT2D eigenvalue weighted by Gasteiger charge is -2.31. The molecule has 5 rings (SSSR count). The number of amides is 1. The summed E-state index contributed by atoms with van der Waals surface area (Å²) in [5.74, 6) is -0.367. The van der Waals surface area contributed by atoms with Crippen LogP contribution in [0.1, 0.15) is 40.2 Å². The van der Waals surface area contributed by atoms with Crippen molar-refractivity contribution in [3.63, 3.8) is 0 Å². The summed E-state index contributed by atoms with van der Waals surface area (Å²) >= 11 is 0. The number of hydrogen-bond acceptors (Lipinski definition) is 6. The fourth-order valence-electron chi connectivity index (χ4n) is 4.44. The van der Waals surface area contributed by atoms with Crippen LogP contribution >= 0.6 is 0 Å². The molecule has 0 saturated carbocycles. The van der Waals surface area contributed by atoms with E-state index in [9.17, 15) is 13.2 Å². The van der Waals surface area contributed by atoms with Gasteiger partial charge >= 0.3 is 10.1 Å². The topological polar surface area (TPSA) is 139 Å². The van der Waals surface area contributed by atoms with E-state index in [4.69, 9.17) is 10.0 Å². The number of carbonyl (C=O) groups excluding carboxylic acids is 1. The van der Waals surface area contributed by atoms with Gasteiger partial charge in [0.2, 0.25) is 0 Å². The van der Waals surface area contributed by atoms with Crippen molar-refractivity contribution in [3.05, 3.63) is 89.6 Å². The Morgan fingerprint density at radius 1 is 1.06 bits per heavy atom. The highest BCUT2D eigenvalue weighted by molar-refractivity contribution is 7.86. The zero-order chi connectivity index (χ0) is 24.6. The molecule has 0 spiro atoms. The highest BCUT2D eigenvalue weighted by Crippen LogP contribution is 2.29. The number of rotatable bonds is 6. The largest absolute Gasteiger partial charge is 0.412 e. The molecule has 9 nitrogen and oxygen atoms in total. The van der Waals surface area contributed by atoms with Crippen LogP contribution in [0.15, 0.2) is 77.8 Å². The van der Waals surface area contributed by atoms with Crippen LogP contribution in [0.2, 0.25) is 0 Å². The van der Waals surface area contributed by atoms with Crippen molar-refractivity contribution in [2.24, 2.45) is 5.73 Å². The number of hydrogen-bond donors (Lipinski definition) is 1. The third kappa shape index (κ3) is 5.17. The lowest BCUT2D eigenvalue weighted by molar-refractivity contribution is -0.0715. The molecule has 36 heavy (non-hydrogen) atoms. The molecule has 1 aliphatic heterocycles. The average molecular weight is 509 g/mol. The number of hydroxylamine groups is 2. The number of aryl methyl sites for hydroxylation is 1. The van der Waals surface area contributed by atoms with E-state index >= 15 is 0 Å². The minimum atomic E-state index is -3.87. The molecule has 1 saturated heterocycles. The lowest BCUT2D eigenvalue weighted by atomic mass is 9.91. The Labute approximate surface area is 209 Å². The molecular formula is C26H28N4O5S. The molecule has 1 unspecified atom stereocenters. The van der Waals surface area contributed by atoms with E-state index in [-0.39, 0.29) is 16.3 Å². The molecule has 1 atom stereocenters. The SMILES string of the molecule is Cc1ccc(S(=O)(=O)ON2CCCC(c3ccc(-n4cc5cccc(C(N)=O)c5n4)cc3)C2)cc1.O. The fraction of sp³-hybridized carbons (Fsp3) is 0.231. The maximum atomic E-state index is 12.7. The molecule has 1 aliphatic rings. The molecular weight excluding hydrogens is 480 g/mol. The van der Waals surface area contributed by atoms with Crippen molar-refractivity contribution >= 4 is 26.9 Å². The van der Waals surface area contributed by atoms with Crippen molar-refractivity contribution in [1.29, 1.82) is 0 Å². The number of nitrogens with zero attached hydrogens (tertiary/aromatic N) is 3. The van der Waals surface area contributed by atoms with Crippen molar-refractivity contribution in [2.75, 3.05) is 13.1 Å². The van der Waals surface area contributed by atoms with Crippen LogP contribution in [0.4, 0.5) is 0 Å². The number of fused-ring (bicyclic) bond motifs is 1. The summed E-state index contributed by atoms with van der Waals surface area (Å²) in [4.78, 5) is 11.9. The van der Waals surface area contributed by atoms with Gasteiger partial charge in [0.05, 0.1) is 16.1 Å². The molecule has 1 aromatic heterocycles. The van der Waals surface area contributed by atoms with Gasteiger partial charge < -0.3 is 11.2 Å². The van der Waals surface area contributed by atoms with Gasteiger partial charge in [-0.3, -0.25) is 4.79 Å². The zero-order valence-corrected chi connectivity index (χ0v) is 20.6. The van der Waals surface area contributed by atoms with E-state index in [2.05, 4.69) is 5.10 Å². The fourth-order valence-corrected chi connectivity index (χ4v) is 5.41. The Morgan fingerprint density at radius 3 is 2.47 bits per heavy atom. The smallest absolute Gasteiger partial charge is 0.313 e. The van der Waals surface area contributed by atoms with E-state index < -0.39 is 16.0 Å². The van der Waals surface area contributed by atoms with E-state index in [0.717, 1.165) is 35.0 Å². The van der Waals surface area contributed by atoms with E-state index in [1.807, 2.05) is 43.5 Å². The first kappa shape index (κ1) is 25.5. The Bertz CT molecular complexity index is 1480. The Balaban J connectivity index is 0.00000304. The van der Waals surface area contributed by atoms with Crippen molar-refractivity contribution in [3.8, 4) is 5.69 Å². The first-order chi connectivity index (χ1) is 16.8. The van der Waals surface area contributed by atoms with E-state index in [0.29, 0.717) is 24.2 Å². The van der Waals surface area contributed by atoms with Crippen molar-refractivity contribution < 1.29 is 23.0 Å². The third-order valence-corrected chi connectivity index (χ3v) is 7.58. The van der Waals surface area contributed by atoms with Gasteiger partial charge in [-0.2, -0.15) is 22.9 Å². The van der Waals surface area contributed by atoms with Crippen LogP contribution in [0.5, 0.6) is 0 Å². The summed E-state index contributed by atoms with van der Waals surface area (Å²) < 4.78 is 32.6. The number of carbonyl (C=O) groups is 1. The predicted molar refractivity (Wildman–Crippen MR) is 136 cm³/mol. The Kier molecular flexibility index (Phi) is 7.23. The monoisotopic (exact) mass is 508 g/mol. The molecule has 4 N–H and O–H groups in total. The second-order valence-electron chi connectivity index (χ2n) is 8.84. The number of aromatic nitrogens is 2. The van der Waals surface area contributed by atoms with Crippen LogP contribution in [-0.2, 0) is 14.4 Å². The van der Waals surface area contributed by atoms with Gasteiger partial charge in [0.25, 0.3) is 5.91 Å². The summed E-state index contributed by atoms with van der Waals surface area (Å²) in [7, 11) is -3.87. The summed E-state index contributed by atoms with van der Waals surface area (Å²) in [6.07, 6.45) is 3.64. The number of nitrogens with two attached hydrogens (primary N) is 1. The number of benzene rings is 3. The molecule has 0 radical (unpaired) electrons. The van der Waals surface area contributed by atoms with E-state index in [1.165, 1.54) is 0 Å². The Morgan fingerprint density at radius 2 is 1.78 bits per heavy atom. The first-order valence-corrected chi connectivity index (χ1v) is 12.9. The summed E-state index contributed by atoms with van der Waals surface area (Å²) in [6, 6.07) is 20.0. The molecule has 188 valence electrons. The third-order valence-electron chi connectivity index (χ3n) is 6.33. The molecule has 1 fully saturated rings. The van der Waals surface area contributed by atoms with Crippen LogP contribution < -0.4 is 5.73 Å². The second kappa shape index (κ2) is 10.2. The highest BCUT2D eigenvalue weighted by Gasteiger charge is 2.27. The van der Waals surface area contributed by atoms with Gasteiger partial charge in [-0.05, 0) is 61.6 Å². The van der Waals surface area contributed by atoms with E-state index in [1.54, 1.807) is 46.1 Å². The average Bonchev–Trinajstić information content (AvgIpc) is 3.29. The van der Waals surface area contributed by atoms with Gasteiger partial charge in [0.15, 0.2) is 0 Å². The molecule has 3 aromatic carbocycles. The summed E-state index contributed by atoms with van der Waals surface area (Å²) in [5.41, 5.74) is 9.38.